The zero-order chi connectivity index (χ0) is 28.5. The first kappa shape index (κ1) is 27.9. The van der Waals surface area contributed by atoms with Gasteiger partial charge in [-0.3, -0.25) is 0 Å². The first-order valence-corrected chi connectivity index (χ1v) is 18.6. The summed E-state index contributed by atoms with van der Waals surface area (Å²) in [5.74, 6) is 2.73. The molecular formula is C26H16N4O4S8. The van der Waals surface area contributed by atoms with E-state index in [4.69, 9.17) is 38.9 Å². The maximum atomic E-state index is 5.57. The smallest absolute Gasteiger partial charge is 0.147 e. The van der Waals surface area contributed by atoms with Crippen molar-refractivity contribution in [3.63, 3.8) is 0 Å². The Morgan fingerprint density at radius 3 is 0.786 bits per heavy atom. The van der Waals surface area contributed by atoms with Crippen molar-refractivity contribution >= 4 is 116 Å². The minimum Gasteiger partial charge on any atom is -0.494 e. The lowest BCUT2D eigenvalue weighted by atomic mass is 10.2. The van der Waals surface area contributed by atoms with Crippen molar-refractivity contribution in [3.8, 4) is 23.0 Å². The van der Waals surface area contributed by atoms with E-state index in [1.54, 1.807) is 75.5 Å². The number of hydrogen-bond acceptors (Lipinski definition) is 16. The molecule has 0 saturated heterocycles. The number of nitrogens with zero attached hydrogens (tertiary/aromatic N) is 4. The number of methoxy groups -OCH3 is 4. The number of hydrogen-bond donors (Lipinski definition) is 0. The molecule has 0 amide bonds. The van der Waals surface area contributed by atoms with Gasteiger partial charge in [-0.05, 0) is 24.3 Å². The third-order valence-corrected chi connectivity index (χ3v) is 17.6. The third-order valence-electron chi connectivity index (χ3n) is 6.25. The summed E-state index contributed by atoms with van der Waals surface area (Å²) in [6.07, 6.45) is 0. The van der Waals surface area contributed by atoms with Gasteiger partial charge in [0.1, 0.15) is 65.2 Å². The molecule has 16 heteroatoms. The minimum atomic E-state index is 0.683. The zero-order valence-electron chi connectivity index (χ0n) is 22.0. The quantitative estimate of drug-likeness (QED) is 0.202. The summed E-state index contributed by atoms with van der Waals surface area (Å²) < 4.78 is 29.8. The fourth-order valence-corrected chi connectivity index (χ4v) is 15.9. The summed E-state index contributed by atoms with van der Waals surface area (Å²) in [6.45, 7) is 0. The van der Waals surface area contributed by atoms with Crippen LogP contribution in [0.25, 0.3) is 22.1 Å². The highest BCUT2D eigenvalue weighted by atomic mass is 32.3. The van der Waals surface area contributed by atoms with Gasteiger partial charge in [-0.1, -0.05) is 94.1 Å². The van der Waals surface area contributed by atoms with Gasteiger partial charge >= 0.3 is 0 Å². The van der Waals surface area contributed by atoms with Crippen molar-refractivity contribution < 1.29 is 18.9 Å². The molecule has 0 unspecified atom stereocenters. The van der Waals surface area contributed by atoms with Gasteiger partial charge in [0.2, 0.25) is 0 Å². The molecule has 0 fully saturated rings. The average molecular weight is 705 g/mol. The van der Waals surface area contributed by atoms with E-state index < -0.39 is 0 Å². The number of benzene rings is 2. The Morgan fingerprint density at radius 2 is 0.571 bits per heavy atom. The Labute approximate surface area is 274 Å². The molecule has 0 N–H and O–H groups in total. The van der Waals surface area contributed by atoms with Crippen molar-refractivity contribution in [1.82, 2.24) is 19.9 Å². The summed E-state index contributed by atoms with van der Waals surface area (Å²) in [6, 6.07) is 7.48. The van der Waals surface area contributed by atoms with E-state index >= 15 is 0 Å². The van der Waals surface area contributed by atoms with Gasteiger partial charge in [-0.2, -0.15) is 0 Å². The molecule has 0 spiro atoms. The van der Waals surface area contributed by atoms with Crippen molar-refractivity contribution in [2.45, 2.75) is 20.1 Å². The largest absolute Gasteiger partial charge is 0.494 e. The fourth-order valence-electron chi connectivity index (χ4n) is 4.35. The van der Waals surface area contributed by atoms with Crippen LogP contribution in [0.5, 0.6) is 23.0 Å². The summed E-state index contributed by atoms with van der Waals surface area (Å²) in [7, 11) is 6.59. The Hall–Kier alpha value is -1.66. The molecule has 6 heterocycles. The number of ether oxygens (including phenoxy) is 4. The lowest BCUT2D eigenvalue weighted by Crippen LogP contribution is -1.99. The SMILES string of the molecule is COc1ccc(OC)c2nc3c(nc12)SC1=C(SC(=C2SC4=C(S2)Sc2nc5c(OC)ccc(OC)c5nc2S4)S1)S3. The molecule has 0 bridgehead atoms. The Balaban J connectivity index is 1.06. The highest BCUT2D eigenvalue weighted by molar-refractivity contribution is 8.45. The second-order valence-electron chi connectivity index (χ2n) is 8.54. The number of aromatic nitrogens is 4. The maximum Gasteiger partial charge on any atom is 0.147 e. The van der Waals surface area contributed by atoms with Gasteiger partial charge in [0, 0.05) is 0 Å². The molecule has 2 aromatic carbocycles. The van der Waals surface area contributed by atoms with Crippen LogP contribution >= 0.6 is 94.1 Å². The maximum absolute atomic E-state index is 5.57. The number of thioether (sulfide) groups is 8. The zero-order valence-corrected chi connectivity index (χ0v) is 28.5. The van der Waals surface area contributed by atoms with E-state index in [1.807, 2.05) is 71.3 Å². The molecule has 2 aromatic heterocycles. The summed E-state index contributed by atoms with van der Waals surface area (Å²) in [5.41, 5.74) is 2.83. The molecule has 0 aliphatic carbocycles. The first-order chi connectivity index (χ1) is 20.6. The molecule has 0 radical (unpaired) electrons. The Morgan fingerprint density at radius 1 is 0.357 bits per heavy atom. The van der Waals surface area contributed by atoms with E-state index in [9.17, 15) is 0 Å². The van der Waals surface area contributed by atoms with E-state index in [0.717, 1.165) is 20.1 Å². The van der Waals surface area contributed by atoms with Crippen LogP contribution in [0.3, 0.4) is 0 Å². The van der Waals surface area contributed by atoms with Gasteiger partial charge in [-0.15, -0.1) is 0 Å². The molecule has 0 atom stereocenters. The van der Waals surface area contributed by atoms with Gasteiger partial charge < -0.3 is 18.9 Å². The van der Waals surface area contributed by atoms with Crippen LogP contribution in [-0.4, -0.2) is 48.4 Å². The highest BCUT2D eigenvalue weighted by Gasteiger charge is 2.37. The van der Waals surface area contributed by atoms with Crippen molar-refractivity contribution in [2.24, 2.45) is 0 Å². The molecular weight excluding hydrogens is 689 g/mol. The lowest BCUT2D eigenvalue weighted by molar-refractivity contribution is 0.408. The van der Waals surface area contributed by atoms with Gasteiger partial charge in [0.15, 0.2) is 0 Å². The van der Waals surface area contributed by atoms with Crippen LogP contribution in [0.15, 0.2) is 69.8 Å². The topological polar surface area (TPSA) is 88.5 Å². The Bertz CT molecular complexity index is 1690. The second kappa shape index (κ2) is 11.1. The van der Waals surface area contributed by atoms with Crippen LogP contribution in [0.4, 0.5) is 0 Å². The van der Waals surface area contributed by atoms with E-state index in [0.29, 0.717) is 45.1 Å². The Kier molecular flexibility index (Phi) is 7.33. The molecule has 8 rings (SSSR count). The van der Waals surface area contributed by atoms with Gasteiger partial charge in [-0.25, -0.2) is 19.9 Å². The second-order valence-corrected chi connectivity index (χ2v) is 18.2. The average Bonchev–Trinajstić information content (AvgIpc) is 3.62. The normalized spacial score (nSPS) is 17.4. The number of rotatable bonds is 4. The predicted molar refractivity (Wildman–Crippen MR) is 180 cm³/mol. The summed E-state index contributed by atoms with van der Waals surface area (Å²) in [5, 5.41) is 3.55. The number of fused-ring (bicyclic) bond motifs is 4. The third kappa shape index (κ3) is 4.55. The molecule has 4 aliphatic heterocycles. The molecule has 42 heavy (non-hydrogen) atoms. The standard InChI is InChI=1S/C26H16N4O4S8/c1-31-9-5-6-10(32-2)14-13(9)27-17-18(28-14)36-22-21(35-17)39-25(40-22)26-41-23-24(42-26)38-20-19(37-23)29-15-11(33-3)7-8-12(34-4)16(15)30-20/h5-8H,1-4H3. The minimum absolute atomic E-state index is 0.683. The van der Waals surface area contributed by atoms with Crippen LogP contribution in [0.1, 0.15) is 0 Å². The fraction of sp³-hybridized carbons (Fsp3) is 0.154. The van der Waals surface area contributed by atoms with Crippen molar-refractivity contribution in [1.29, 1.82) is 0 Å². The molecule has 8 nitrogen and oxygen atoms in total. The first-order valence-electron chi connectivity index (χ1n) is 12.1. The monoisotopic (exact) mass is 704 g/mol. The predicted octanol–water partition coefficient (Wildman–Crippen LogP) is 9.04. The van der Waals surface area contributed by atoms with Crippen LogP contribution < -0.4 is 18.9 Å². The molecule has 4 aliphatic rings. The molecule has 4 aromatic rings. The van der Waals surface area contributed by atoms with Crippen LogP contribution in [0, 0.1) is 0 Å². The highest BCUT2D eigenvalue weighted by Crippen LogP contribution is 2.70. The summed E-state index contributed by atoms with van der Waals surface area (Å²) >= 11 is 13.9. The van der Waals surface area contributed by atoms with Gasteiger partial charge in [0.05, 0.1) is 53.9 Å². The van der Waals surface area contributed by atoms with E-state index in [-0.39, 0.29) is 0 Å². The van der Waals surface area contributed by atoms with E-state index in [1.165, 1.54) is 25.4 Å². The van der Waals surface area contributed by atoms with Crippen molar-refractivity contribution in [3.05, 3.63) is 49.7 Å². The summed E-state index contributed by atoms with van der Waals surface area (Å²) in [4.78, 5) is 19.8. The molecule has 212 valence electrons. The van der Waals surface area contributed by atoms with Crippen molar-refractivity contribution in [2.75, 3.05) is 28.4 Å². The van der Waals surface area contributed by atoms with Crippen LogP contribution in [-0.2, 0) is 0 Å². The lowest BCUT2D eigenvalue weighted by Gasteiger charge is -2.16. The molecule has 0 saturated carbocycles. The van der Waals surface area contributed by atoms with Gasteiger partial charge in [0.25, 0.3) is 0 Å². The van der Waals surface area contributed by atoms with Crippen LogP contribution in [0.2, 0.25) is 0 Å². The van der Waals surface area contributed by atoms with E-state index in [2.05, 4.69) is 0 Å².